The van der Waals surface area contributed by atoms with Gasteiger partial charge in [0.15, 0.2) is 0 Å². The standard InChI is InChI=1S/C20H24N6/c1-3-9-19(25-21-15-11-5-6-12-16(15)22-25)20(10-4-2)26-23-17-13-7-8-14-18(17)24-26/h5-8,11-14,19-20H,3-4,9-10H2,1-2H3. The molecule has 0 radical (unpaired) electrons. The van der Waals surface area contributed by atoms with Crippen molar-refractivity contribution in [3.8, 4) is 0 Å². The number of benzene rings is 2. The molecular formula is C20H24N6. The maximum atomic E-state index is 4.75. The summed E-state index contributed by atoms with van der Waals surface area (Å²) in [6.07, 6.45) is 4.10. The SMILES string of the molecule is CCCC(C(CCC)n1nc2ccccc2n1)n1nc2ccccc2n1. The average Bonchev–Trinajstić information content (AvgIpc) is 3.28. The van der Waals surface area contributed by atoms with Gasteiger partial charge in [-0.15, -0.1) is 0 Å². The van der Waals surface area contributed by atoms with Crippen LogP contribution in [0.2, 0.25) is 0 Å². The van der Waals surface area contributed by atoms with Crippen LogP contribution in [0.4, 0.5) is 0 Å². The van der Waals surface area contributed by atoms with Crippen LogP contribution in [0.5, 0.6) is 0 Å². The predicted octanol–water partition coefficient (Wildman–Crippen LogP) is 4.56. The van der Waals surface area contributed by atoms with E-state index >= 15 is 0 Å². The molecule has 0 fully saturated rings. The first-order valence-corrected chi connectivity index (χ1v) is 9.43. The van der Waals surface area contributed by atoms with Gasteiger partial charge in [-0.1, -0.05) is 51.0 Å². The summed E-state index contributed by atoms with van der Waals surface area (Å²) in [5.41, 5.74) is 3.73. The minimum atomic E-state index is 0.133. The summed E-state index contributed by atoms with van der Waals surface area (Å²) < 4.78 is 0. The molecular weight excluding hydrogens is 324 g/mol. The molecule has 0 saturated carbocycles. The molecule has 0 aliphatic heterocycles. The summed E-state index contributed by atoms with van der Waals surface area (Å²) in [5, 5.41) is 19.0. The molecule has 0 N–H and O–H groups in total. The fraction of sp³-hybridized carbons (Fsp3) is 0.400. The second-order valence-corrected chi connectivity index (χ2v) is 6.73. The summed E-state index contributed by atoms with van der Waals surface area (Å²) in [5.74, 6) is 0. The van der Waals surface area contributed by atoms with Crippen LogP contribution in [-0.4, -0.2) is 30.0 Å². The Bertz CT molecular complexity index is 854. The van der Waals surface area contributed by atoms with Gasteiger partial charge in [-0.05, 0) is 37.1 Å². The van der Waals surface area contributed by atoms with Gasteiger partial charge >= 0.3 is 0 Å². The van der Waals surface area contributed by atoms with Crippen LogP contribution < -0.4 is 0 Å². The van der Waals surface area contributed by atoms with E-state index in [-0.39, 0.29) is 12.1 Å². The lowest BCUT2D eigenvalue weighted by Gasteiger charge is -2.25. The highest BCUT2D eigenvalue weighted by Gasteiger charge is 2.27. The number of fused-ring (bicyclic) bond motifs is 2. The van der Waals surface area contributed by atoms with Crippen LogP contribution in [0.25, 0.3) is 22.1 Å². The van der Waals surface area contributed by atoms with Gasteiger partial charge in [-0.2, -0.15) is 30.0 Å². The lowest BCUT2D eigenvalue weighted by Crippen LogP contribution is -2.26. The van der Waals surface area contributed by atoms with E-state index < -0.39 is 0 Å². The quantitative estimate of drug-likeness (QED) is 0.491. The largest absolute Gasteiger partial charge is 0.178 e. The Labute approximate surface area is 152 Å². The third-order valence-corrected chi connectivity index (χ3v) is 4.81. The molecule has 2 aromatic heterocycles. The Balaban J connectivity index is 1.77. The molecule has 6 heteroatoms. The monoisotopic (exact) mass is 348 g/mol. The first-order chi connectivity index (χ1) is 12.8. The van der Waals surface area contributed by atoms with E-state index in [4.69, 9.17) is 20.4 Å². The molecule has 0 aliphatic rings. The van der Waals surface area contributed by atoms with Crippen molar-refractivity contribution >= 4 is 22.1 Å². The first-order valence-electron chi connectivity index (χ1n) is 9.43. The van der Waals surface area contributed by atoms with Gasteiger partial charge < -0.3 is 0 Å². The maximum Gasteiger partial charge on any atom is 0.113 e. The molecule has 2 heterocycles. The van der Waals surface area contributed by atoms with E-state index in [2.05, 4.69) is 13.8 Å². The summed E-state index contributed by atoms with van der Waals surface area (Å²) in [4.78, 5) is 3.78. The Hall–Kier alpha value is -2.76. The predicted molar refractivity (Wildman–Crippen MR) is 103 cm³/mol. The molecule has 2 aromatic carbocycles. The van der Waals surface area contributed by atoms with Crippen molar-refractivity contribution in [1.29, 1.82) is 0 Å². The molecule has 0 saturated heterocycles. The fourth-order valence-corrected chi connectivity index (χ4v) is 3.56. The third-order valence-electron chi connectivity index (χ3n) is 4.81. The molecule has 0 aliphatic carbocycles. The second-order valence-electron chi connectivity index (χ2n) is 6.73. The smallest absolute Gasteiger partial charge is 0.113 e. The molecule has 4 aromatic rings. The minimum Gasteiger partial charge on any atom is -0.178 e. The molecule has 4 rings (SSSR count). The average molecular weight is 348 g/mol. The zero-order chi connectivity index (χ0) is 17.9. The van der Waals surface area contributed by atoms with Crippen LogP contribution in [0.1, 0.15) is 51.6 Å². The first kappa shape index (κ1) is 16.7. The van der Waals surface area contributed by atoms with Gasteiger partial charge in [0.1, 0.15) is 22.1 Å². The van der Waals surface area contributed by atoms with Crippen molar-refractivity contribution in [2.24, 2.45) is 0 Å². The van der Waals surface area contributed by atoms with E-state index in [0.29, 0.717) is 0 Å². The Kier molecular flexibility index (Phi) is 4.65. The lowest BCUT2D eigenvalue weighted by molar-refractivity contribution is 0.218. The second kappa shape index (κ2) is 7.23. The van der Waals surface area contributed by atoms with E-state index in [9.17, 15) is 0 Å². The van der Waals surface area contributed by atoms with Crippen LogP contribution >= 0.6 is 0 Å². The number of nitrogens with zero attached hydrogens (tertiary/aromatic N) is 6. The molecule has 2 unspecified atom stereocenters. The van der Waals surface area contributed by atoms with Crippen LogP contribution in [0.15, 0.2) is 48.5 Å². The third kappa shape index (κ3) is 3.07. The van der Waals surface area contributed by atoms with Gasteiger partial charge in [-0.3, -0.25) is 0 Å². The summed E-state index contributed by atoms with van der Waals surface area (Å²) in [7, 11) is 0. The van der Waals surface area contributed by atoms with Gasteiger partial charge in [0.05, 0.1) is 12.1 Å². The van der Waals surface area contributed by atoms with E-state index in [1.165, 1.54) is 0 Å². The van der Waals surface area contributed by atoms with Crippen molar-refractivity contribution in [3.63, 3.8) is 0 Å². The van der Waals surface area contributed by atoms with E-state index in [1.54, 1.807) is 0 Å². The highest BCUT2D eigenvalue weighted by Crippen LogP contribution is 2.31. The van der Waals surface area contributed by atoms with E-state index in [1.807, 2.05) is 58.1 Å². The molecule has 26 heavy (non-hydrogen) atoms. The lowest BCUT2D eigenvalue weighted by atomic mass is 10.00. The summed E-state index contributed by atoms with van der Waals surface area (Å²) in [6.45, 7) is 4.40. The summed E-state index contributed by atoms with van der Waals surface area (Å²) in [6, 6.07) is 16.3. The van der Waals surface area contributed by atoms with Crippen molar-refractivity contribution < 1.29 is 0 Å². The van der Waals surface area contributed by atoms with Crippen molar-refractivity contribution in [2.75, 3.05) is 0 Å². The Morgan fingerprint density at radius 1 is 0.615 bits per heavy atom. The molecule has 0 spiro atoms. The number of hydrogen-bond acceptors (Lipinski definition) is 4. The molecule has 2 atom stereocenters. The maximum absolute atomic E-state index is 4.75. The van der Waals surface area contributed by atoms with Crippen molar-refractivity contribution in [3.05, 3.63) is 48.5 Å². The molecule has 6 nitrogen and oxygen atoms in total. The van der Waals surface area contributed by atoms with Gasteiger partial charge in [0, 0.05) is 0 Å². The zero-order valence-corrected chi connectivity index (χ0v) is 15.3. The Morgan fingerprint density at radius 3 is 1.19 bits per heavy atom. The molecule has 0 bridgehead atoms. The van der Waals surface area contributed by atoms with Gasteiger partial charge in [-0.25, -0.2) is 0 Å². The van der Waals surface area contributed by atoms with Crippen LogP contribution in [-0.2, 0) is 0 Å². The van der Waals surface area contributed by atoms with Crippen LogP contribution in [0.3, 0.4) is 0 Å². The molecule has 0 amide bonds. The molecule has 134 valence electrons. The highest BCUT2D eigenvalue weighted by atomic mass is 15.5. The number of rotatable bonds is 7. The summed E-state index contributed by atoms with van der Waals surface area (Å²) >= 11 is 0. The van der Waals surface area contributed by atoms with Gasteiger partial charge in [0.2, 0.25) is 0 Å². The van der Waals surface area contributed by atoms with Crippen molar-refractivity contribution in [1.82, 2.24) is 30.0 Å². The highest BCUT2D eigenvalue weighted by molar-refractivity contribution is 5.73. The number of aromatic nitrogens is 6. The minimum absolute atomic E-state index is 0.133. The van der Waals surface area contributed by atoms with Crippen molar-refractivity contribution in [2.45, 2.75) is 51.6 Å². The fourth-order valence-electron chi connectivity index (χ4n) is 3.56. The van der Waals surface area contributed by atoms with E-state index in [0.717, 1.165) is 47.8 Å². The van der Waals surface area contributed by atoms with Crippen LogP contribution in [0, 0.1) is 0 Å². The van der Waals surface area contributed by atoms with Gasteiger partial charge in [0.25, 0.3) is 0 Å². The number of hydrogen-bond donors (Lipinski definition) is 0. The normalized spacial score (nSPS) is 14.1. The zero-order valence-electron chi connectivity index (χ0n) is 15.3. The Morgan fingerprint density at radius 2 is 0.923 bits per heavy atom. The topological polar surface area (TPSA) is 61.4 Å².